The van der Waals surface area contributed by atoms with Crippen LogP contribution in [0.15, 0.2) is 0 Å². The van der Waals surface area contributed by atoms with E-state index < -0.39 is 33.2 Å². The van der Waals surface area contributed by atoms with Crippen LogP contribution in [-0.4, -0.2) is 97.4 Å². The van der Waals surface area contributed by atoms with Crippen LogP contribution < -0.4 is 10.6 Å². The number of amides is 1. The van der Waals surface area contributed by atoms with E-state index in [2.05, 4.69) is 64.0 Å². The summed E-state index contributed by atoms with van der Waals surface area (Å²) in [7, 11) is -3.06. The van der Waals surface area contributed by atoms with Crippen LogP contribution in [0.5, 0.6) is 0 Å². The van der Waals surface area contributed by atoms with Gasteiger partial charge in [0.1, 0.15) is 6.10 Å². The number of hydrogen-bond donors (Lipinski definition) is 3. The minimum atomic E-state index is -3.06. The van der Waals surface area contributed by atoms with Gasteiger partial charge in [0.25, 0.3) is 0 Å². The van der Waals surface area contributed by atoms with Crippen molar-refractivity contribution in [1.82, 2.24) is 15.5 Å². The van der Waals surface area contributed by atoms with Crippen molar-refractivity contribution in [3.63, 3.8) is 0 Å². The Labute approximate surface area is 374 Å². The molecule has 0 aromatic carbocycles. The van der Waals surface area contributed by atoms with Crippen molar-refractivity contribution in [2.45, 2.75) is 189 Å². The smallest absolute Gasteiger partial charge is 0.407 e. The molecule has 14 atom stereocenters. The number of carboxylic acids is 1. The minimum absolute atomic E-state index is 0.00638. The number of esters is 1. The quantitative estimate of drug-likeness (QED) is 0.172. The van der Waals surface area contributed by atoms with Gasteiger partial charge in [-0.15, -0.1) is 0 Å². The molecule has 1 aliphatic heterocycles. The summed E-state index contributed by atoms with van der Waals surface area (Å²) in [5.41, 5.74) is 0.128. The predicted octanol–water partition coefficient (Wildman–Crippen LogP) is 8.49. The number of rotatable bonds is 11. The van der Waals surface area contributed by atoms with E-state index in [0.717, 1.165) is 25.7 Å². The average Bonchev–Trinajstić information content (AvgIpc) is 3.78. The molecule has 0 aromatic heterocycles. The van der Waals surface area contributed by atoms with Crippen molar-refractivity contribution < 1.29 is 37.4 Å². The molecule has 8 rings (SSSR count). The zero-order valence-electron chi connectivity index (χ0n) is 40.2. The van der Waals surface area contributed by atoms with E-state index in [1.54, 1.807) is 0 Å². The lowest BCUT2D eigenvalue weighted by atomic mass is 9.32. The molecule has 12 heteroatoms. The molecule has 2 unspecified atom stereocenters. The maximum atomic E-state index is 13.7. The Hall–Kier alpha value is -1.92. The summed E-state index contributed by atoms with van der Waals surface area (Å²) < 4.78 is 37.1. The molecule has 8 aliphatic rings. The van der Waals surface area contributed by atoms with Gasteiger partial charge < -0.3 is 25.2 Å². The molecule has 7 saturated carbocycles. The van der Waals surface area contributed by atoms with Gasteiger partial charge >= 0.3 is 18.0 Å². The van der Waals surface area contributed by atoms with E-state index in [0.29, 0.717) is 61.1 Å². The molecule has 11 nitrogen and oxygen atoms in total. The number of alkyl carbamates (subject to hydrolysis) is 1. The highest BCUT2D eigenvalue weighted by molar-refractivity contribution is 7.91. The fourth-order valence-corrected chi connectivity index (χ4v) is 18.1. The topological polar surface area (TPSA) is 151 Å². The van der Waals surface area contributed by atoms with Crippen LogP contribution in [0.3, 0.4) is 0 Å². The molecule has 1 amide bonds. The molecule has 0 bridgehead atoms. The number of ether oxygens (including phenoxy) is 2. The van der Waals surface area contributed by atoms with Crippen LogP contribution in [0.2, 0.25) is 0 Å². The minimum Gasteiger partial charge on any atom is -0.481 e. The van der Waals surface area contributed by atoms with Gasteiger partial charge in [0.15, 0.2) is 9.84 Å². The fraction of sp³-hybridized carbons (Fsp3) is 0.940. The van der Waals surface area contributed by atoms with Crippen LogP contribution in [-0.2, 0) is 28.9 Å². The standard InChI is InChI=1S/C50H83N3O8S/c1-30(2)60-43(57)52-31(3)36(53-24-26-62(58,59)27-25-53)29-51-50-19-14-32(46(8)20-21-46)40(50)33-12-13-38-47(9)17-16-39(61-42(56)35-28-34(41(54)55)44(35,4)5)45(6,7)37(47)15-18-49(38,11)48(33,10)22-23-50/h30-40,51H,12-29H2,1-11H3,(H,52,57)(H,54,55)/t31?,32-,33-,34+,35-,36?,37+,38-,39+,40-,47+,48-,49-,50+/m1/s1. The molecular formula is C50H83N3O8S. The summed E-state index contributed by atoms with van der Waals surface area (Å²) in [6.07, 6.45) is 13.7. The van der Waals surface area contributed by atoms with E-state index in [4.69, 9.17) is 9.47 Å². The maximum absolute atomic E-state index is 13.7. The summed E-state index contributed by atoms with van der Waals surface area (Å²) in [4.78, 5) is 40.8. The van der Waals surface area contributed by atoms with Crippen LogP contribution in [0.1, 0.15) is 160 Å². The third-order valence-corrected chi connectivity index (χ3v) is 22.8. The molecule has 352 valence electrons. The highest BCUT2D eigenvalue weighted by Gasteiger charge is 2.72. The van der Waals surface area contributed by atoms with E-state index >= 15 is 0 Å². The summed E-state index contributed by atoms with van der Waals surface area (Å²) in [6.45, 7) is 26.5. The monoisotopic (exact) mass is 886 g/mol. The lowest BCUT2D eigenvalue weighted by Gasteiger charge is -2.73. The molecule has 7 aliphatic carbocycles. The lowest BCUT2D eigenvalue weighted by molar-refractivity contribution is -0.250. The maximum Gasteiger partial charge on any atom is 0.407 e. The molecule has 0 aromatic rings. The van der Waals surface area contributed by atoms with Crippen molar-refractivity contribution in [3.8, 4) is 0 Å². The van der Waals surface area contributed by atoms with Crippen molar-refractivity contribution in [3.05, 3.63) is 0 Å². The van der Waals surface area contributed by atoms with Gasteiger partial charge in [-0.05, 0) is 161 Å². The molecular weight excluding hydrogens is 803 g/mol. The van der Waals surface area contributed by atoms with Crippen LogP contribution in [0.25, 0.3) is 0 Å². The van der Waals surface area contributed by atoms with Gasteiger partial charge in [0.2, 0.25) is 0 Å². The zero-order chi connectivity index (χ0) is 45.2. The lowest BCUT2D eigenvalue weighted by Crippen LogP contribution is -2.69. The molecule has 3 N–H and O–H groups in total. The Morgan fingerprint density at radius 3 is 2.03 bits per heavy atom. The Kier molecular flexibility index (Phi) is 11.7. The van der Waals surface area contributed by atoms with E-state index in [1.807, 2.05) is 27.7 Å². The first kappa shape index (κ1) is 46.6. The van der Waals surface area contributed by atoms with Gasteiger partial charge in [-0.3, -0.25) is 14.5 Å². The van der Waals surface area contributed by atoms with Gasteiger partial charge in [-0.2, -0.15) is 0 Å². The second-order valence-corrected chi connectivity index (χ2v) is 27.3. The fourth-order valence-electron chi connectivity index (χ4n) is 16.9. The van der Waals surface area contributed by atoms with Crippen LogP contribution in [0, 0.1) is 73.9 Å². The average molecular weight is 886 g/mol. The van der Waals surface area contributed by atoms with Gasteiger partial charge in [0, 0.05) is 42.7 Å². The number of carbonyl (C=O) groups is 3. The first-order valence-electron chi connectivity index (χ1n) is 24.8. The number of hydrogen-bond acceptors (Lipinski definition) is 9. The molecule has 8 fully saturated rings. The van der Waals surface area contributed by atoms with Crippen molar-refractivity contribution >= 4 is 27.9 Å². The molecule has 1 saturated heterocycles. The number of nitrogens with one attached hydrogen (secondary N) is 2. The SMILES string of the molecule is CC(C)OC(=O)NC(C)C(CN[C@]12CC[C@@H](C3(C)CC3)[C@@H]1[C@H]1CC[C@@H]3[C@@]4(C)CC[C@H](OC(=O)[C@H]5C[C@@H](C(=O)O)C5(C)C)C(C)(C)[C@@H]4CC[C@@]3(C)[C@]1(C)CC2)N1CCS(=O)(=O)CC1. The Morgan fingerprint density at radius 2 is 1.42 bits per heavy atom. The van der Waals surface area contributed by atoms with E-state index in [1.165, 1.54) is 51.4 Å². The zero-order valence-corrected chi connectivity index (χ0v) is 41.1. The second kappa shape index (κ2) is 15.6. The molecule has 0 radical (unpaired) electrons. The van der Waals surface area contributed by atoms with Gasteiger partial charge in [-0.1, -0.05) is 55.4 Å². The third-order valence-electron chi connectivity index (χ3n) is 21.2. The molecule has 0 spiro atoms. The number of nitrogens with zero attached hydrogens (tertiary/aromatic N) is 1. The number of carbonyl (C=O) groups excluding carboxylic acids is 2. The predicted molar refractivity (Wildman–Crippen MR) is 241 cm³/mol. The summed E-state index contributed by atoms with van der Waals surface area (Å²) in [5, 5.41) is 17.2. The number of sulfone groups is 1. The van der Waals surface area contributed by atoms with E-state index in [-0.39, 0.29) is 74.9 Å². The largest absolute Gasteiger partial charge is 0.481 e. The van der Waals surface area contributed by atoms with Gasteiger partial charge in [0.05, 0.1) is 29.4 Å². The first-order chi connectivity index (χ1) is 28.7. The highest BCUT2D eigenvalue weighted by Crippen LogP contribution is 2.78. The van der Waals surface area contributed by atoms with Crippen molar-refractivity contribution in [1.29, 1.82) is 0 Å². The van der Waals surface area contributed by atoms with Crippen LogP contribution in [0.4, 0.5) is 4.79 Å². The van der Waals surface area contributed by atoms with Crippen molar-refractivity contribution in [2.75, 3.05) is 31.1 Å². The Balaban J connectivity index is 1.03. The second-order valence-electron chi connectivity index (χ2n) is 25.0. The van der Waals surface area contributed by atoms with E-state index in [9.17, 15) is 27.9 Å². The molecule has 1 heterocycles. The normalized spacial score (nSPS) is 44.5. The van der Waals surface area contributed by atoms with Crippen LogP contribution >= 0.6 is 0 Å². The van der Waals surface area contributed by atoms with Crippen molar-refractivity contribution in [2.24, 2.45) is 73.9 Å². The number of carboxylic acid groups (broad SMARTS) is 1. The number of aliphatic carboxylic acids is 1. The third kappa shape index (κ3) is 7.38. The summed E-state index contributed by atoms with van der Waals surface area (Å²) >= 11 is 0. The highest BCUT2D eigenvalue weighted by atomic mass is 32.2. The summed E-state index contributed by atoms with van der Waals surface area (Å²) in [5.74, 6) is 1.28. The summed E-state index contributed by atoms with van der Waals surface area (Å²) in [6, 6.07) is -0.286. The Bertz CT molecular complexity index is 1870. The number of fused-ring (bicyclic) bond motifs is 7. The molecule has 62 heavy (non-hydrogen) atoms. The first-order valence-corrected chi connectivity index (χ1v) is 26.7. The Morgan fingerprint density at radius 1 is 0.742 bits per heavy atom. The van der Waals surface area contributed by atoms with Gasteiger partial charge in [-0.25, -0.2) is 13.2 Å².